The van der Waals surface area contributed by atoms with Gasteiger partial charge in [-0.25, -0.2) is 14.4 Å². The van der Waals surface area contributed by atoms with E-state index in [1.807, 2.05) is 23.1 Å². The lowest BCUT2D eigenvalue weighted by Gasteiger charge is -2.35. The Morgan fingerprint density at radius 1 is 0.871 bits per heavy atom. The first kappa shape index (κ1) is 21.6. The molecule has 4 rings (SSSR count). The summed E-state index contributed by atoms with van der Waals surface area (Å²) in [6.45, 7) is 8.17. The molecule has 2 saturated heterocycles. The number of rotatable bonds is 6. The van der Waals surface area contributed by atoms with Crippen molar-refractivity contribution in [3.05, 3.63) is 54.1 Å². The number of carbonyl (C=O) groups is 1. The van der Waals surface area contributed by atoms with E-state index in [1.165, 1.54) is 6.07 Å². The van der Waals surface area contributed by atoms with Crippen LogP contribution in [0, 0.1) is 5.82 Å². The Morgan fingerprint density at radius 2 is 1.58 bits per heavy atom. The van der Waals surface area contributed by atoms with Crippen molar-refractivity contribution in [2.24, 2.45) is 0 Å². The minimum absolute atomic E-state index is 0.131. The van der Waals surface area contributed by atoms with Gasteiger partial charge in [0.15, 0.2) is 0 Å². The SMILES string of the molecule is O=C(CCN1CCCN(Cc2ccccc2F)CC1)N1CCN(c2ncccn2)CC1. The molecule has 2 fully saturated rings. The highest BCUT2D eigenvalue weighted by Gasteiger charge is 2.23. The summed E-state index contributed by atoms with van der Waals surface area (Å²) < 4.78 is 13.9. The van der Waals surface area contributed by atoms with Crippen LogP contribution in [0.15, 0.2) is 42.7 Å². The Bertz CT molecular complexity index is 843. The molecule has 2 aliphatic rings. The minimum Gasteiger partial charge on any atom is -0.339 e. The van der Waals surface area contributed by atoms with Crippen molar-refractivity contribution in [3.63, 3.8) is 0 Å². The first-order chi connectivity index (χ1) is 15.2. The van der Waals surface area contributed by atoms with E-state index in [-0.39, 0.29) is 11.7 Å². The normalized spacial score (nSPS) is 18.7. The molecule has 0 unspecified atom stereocenters. The Hall–Kier alpha value is -2.58. The summed E-state index contributed by atoms with van der Waals surface area (Å²) in [5, 5.41) is 0. The predicted octanol–water partition coefficient (Wildman–Crippen LogP) is 1.86. The van der Waals surface area contributed by atoms with Crippen LogP contribution in [0.2, 0.25) is 0 Å². The maximum absolute atomic E-state index is 13.9. The van der Waals surface area contributed by atoms with Crippen LogP contribution in [0.4, 0.5) is 10.3 Å². The van der Waals surface area contributed by atoms with Crippen LogP contribution in [0.1, 0.15) is 18.4 Å². The van der Waals surface area contributed by atoms with E-state index in [9.17, 15) is 9.18 Å². The van der Waals surface area contributed by atoms with Gasteiger partial charge in [-0.15, -0.1) is 0 Å². The number of amides is 1. The third kappa shape index (κ3) is 5.98. The van der Waals surface area contributed by atoms with Crippen molar-refractivity contribution in [1.29, 1.82) is 0 Å². The molecule has 0 spiro atoms. The highest BCUT2D eigenvalue weighted by molar-refractivity contribution is 5.76. The van der Waals surface area contributed by atoms with Crippen LogP contribution in [-0.4, -0.2) is 89.5 Å². The van der Waals surface area contributed by atoms with E-state index in [1.54, 1.807) is 18.5 Å². The maximum Gasteiger partial charge on any atom is 0.225 e. The van der Waals surface area contributed by atoms with Gasteiger partial charge in [0.1, 0.15) is 5.82 Å². The van der Waals surface area contributed by atoms with Gasteiger partial charge in [-0.3, -0.25) is 9.69 Å². The number of piperazine rings is 1. The molecule has 0 bridgehead atoms. The summed E-state index contributed by atoms with van der Waals surface area (Å²) in [4.78, 5) is 30.1. The second kappa shape index (κ2) is 10.6. The highest BCUT2D eigenvalue weighted by atomic mass is 19.1. The van der Waals surface area contributed by atoms with Crippen LogP contribution in [0.3, 0.4) is 0 Å². The summed E-state index contributed by atoms with van der Waals surface area (Å²) in [5.41, 5.74) is 0.756. The molecule has 2 aromatic rings. The lowest BCUT2D eigenvalue weighted by atomic mass is 10.2. The molecule has 7 nitrogen and oxygen atoms in total. The number of carbonyl (C=O) groups excluding carboxylic acids is 1. The Morgan fingerprint density at radius 3 is 2.35 bits per heavy atom. The molecule has 0 aliphatic carbocycles. The summed E-state index contributed by atoms with van der Waals surface area (Å²) in [6.07, 6.45) is 5.09. The molecule has 0 atom stereocenters. The van der Waals surface area contributed by atoms with E-state index in [4.69, 9.17) is 0 Å². The number of benzene rings is 1. The largest absolute Gasteiger partial charge is 0.339 e. The fourth-order valence-corrected chi connectivity index (χ4v) is 4.30. The summed E-state index contributed by atoms with van der Waals surface area (Å²) >= 11 is 0. The molecular formula is C23H31FN6O. The zero-order valence-electron chi connectivity index (χ0n) is 18.0. The quantitative estimate of drug-likeness (QED) is 0.703. The molecule has 31 heavy (non-hydrogen) atoms. The van der Waals surface area contributed by atoms with Crippen LogP contribution >= 0.6 is 0 Å². The van der Waals surface area contributed by atoms with E-state index in [0.29, 0.717) is 26.1 Å². The van der Waals surface area contributed by atoms with Gasteiger partial charge in [-0.2, -0.15) is 0 Å². The first-order valence-electron chi connectivity index (χ1n) is 11.2. The van der Waals surface area contributed by atoms with Gasteiger partial charge in [0.25, 0.3) is 0 Å². The molecule has 1 amide bonds. The van der Waals surface area contributed by atoms with Gasteiger partial charge >= 0.3 is 0 Å². The number of halogens is 1. The molecular weight excluding hydrogens is 395 g/mol. The molecule has 3 heterocycles. The molecule has 0 saturated carbocycles. The summed E-state index contributed by atoms with van der Waals surface area (Å²) in [6, 6.07) is 8.82. The van der Waals surface area contributed by atoms with Crippen molar-refractivity contribution in [2.45, 2.75) is 19.4 Å². The third-order valence-electron chi connectivity index (χ3n) is 6.14. The Kier molecular flexibility index (Phi) is 7.43. The summed E-state index contributed by atoms with van der Waals surface area (Å²) in [7, 11) is 0. The van der Waals surface area contributed by atoms with Crippen molar-refractivity contribution >= 4 is 11.9 Å². The zero-order valence-corrected chi connectivity index (χ0v) is 18.0. The van der Waals surface area contributed by atoms with E-state index in [0.717, 1.165) is 63.7 Å². The van der Waals surface area contributed by atoms with Gasteiger partial charge in [0.2, 0.25) is 11.9 Å². The smallest absolute Gasteiger partial charge is 0.225 e. The zero-order chi connectivity index (χ0) is 21.5. The van der Waals surface area contributed by atoms with Crippen LogP contribution in [0.25, 0.3) is 0 Å². The molecule has 2 aliphatic heterocycles. The fraction of sp³-hybridized carbons (Fsp3) is 0.522. The maximum atomic E-state index is 13.9. The van der Waals surface area contributed by atoms with Gasteiger partial charge in [0, 0.05) is 76.7 Å². The molecule has 0 N–H and O–H groups in total. The Labute approximate surface area is 183 Å². The molecule has 0 radical (unpaired) electrons. The van der Waals surface area contributed by atoms with Crippen LogP contribution in [0.5, 0.6) is 0 Å². The number of nitrogens with zero attached hydrogens (tertiary/aromatic N) is 6. The Balaban J connectivity index is 1.18. The van der Waals surface area contributed by atoms with Gasteiger partial charge in [0.05, 0.1) is 0 Å². The van der Waals surface area contributed by atoms with Crippen molar-refractivity contribution in [3.8, 4) is 0 Å². The van der Waals surface area contributed by atoms with Crippen molar-refractivity contribution < 1.29 is 9.18 Å². The van der Waals surface area contributed by atoms with Crippen molar-refractivity contribution in [2.75, 3.05) is 63.8 Å². The van der Waals surface area contributed by atoms with E-state index in [2.05, 4.69) is 24.7 Å². The van der Waals surface area contributed by atoms with Crippen LogP contribution in [-0.2, 0) is 11.3 Å². The van der Waals surface area contributed by atoms with Crippen molar-refractivity contribution in [1.82, 2.24) is 24.7 Å². The van der Waals surface area contributed by atoms with Crippen LogP contribution < -0.4 is 4.90 Å². The predicted molar refractivity (Wildman–Crippen MR) is 118 cm³/mol. The standard InChI is InChI=1S/C23H31FN6O/c24-21-6-2-1-5-20(21)19-28-11-4-10-27(13-14-28)12-7-22(31)29-15-17-30(18-16-29)23-25-8-3-9-26-23/h1-3,5-6,8-9H,4,7,10-19H2. The second-order valence-electron chi connectivity index (χ2n) is 8.23. The molecule has 166 valence electrons. The monoisotopic (exact) mass is 426 g/mol. The van der Waals surface area contributed by atoms with Gasteiger partial charge in [-0.05, 0) is 31.6 Å². The first-order valence-corrected chi connectivity index (χ1v) is 11.2. The number of hydrogen-bond acceptors (Lipinski definition) is 6. The highest BCUT2D eigenvalue weighted by Crippen LogP contribution is 2.14. The molecule has 1 aromatic heterocycles. The number of aromatic nitrogens is 2. The van der Waals surface area contributed by atoms with Gasteiger partial charge in [-0.1, -0.05) is 18.2 Å². The molecule has 1 aromatic carbocycles. The van der Waals surface area contributed by atoms with E-state index < -0.39 is 0 Å². The number of hydrogen-bond donors (Lipinski definition) is 0. The summed E-state index contributed by atoms with van der Waals surface area (Å²) in [5.74, 6) is 0.827. The lowest BCUT2D eigenvalue weighted by Crippen LogP contribution is -2.49. The second-order valence-corrected chi connectivity index (χ2v) is 8.23. The molecule has 8 heteroatoms. The average Bonchev–Trinajstić information content (AvgIpc) is 3.05. The lowest BCUT2D eigenvalue weighted by molar-refractivity contribution is -0.131. The minimum atomic E-state index is -0.131. The topological polar surface area (TPSA) is 55.8 Å². The van der Waals surface area contributed by atoms with E-state index >= 15 is 0 Å². The fourth-order valence-electron chi connectivity index (χ4n) is 4.30. The number of anilines is 1. The average molecular weight is 427 g/mol. The van der Waals surface area contributed by atoms with Gasteiger partial charge < -0.3 is 14.7 Å². The third-order valence-corrected chi connectivity index (χ3v) is 6.14.